The van der Waals surface area contributed by atoms with Crippen molar-refractivity contribution in [3.8, 4) is 17.0 Å². The molecule has 3 aromatic carbocycles. The number of para-hydroxylation sites is 1. The second-order valence-corrected chi connectivity index (χ2v) is 7.45. The fraction of sp³-hybridized carbons (Fsp3) is 0.154. The summed E-state index contributed by atoms with van der Waals surface area (Å²) >= 11 is 0. The average molecular weight is 429 g/mol. The first-order valence-electron chi connectivity index (χ1n) is 10.4. The molecule has 1 amide bonds. The van der Waals surface area contributed by atoms with Crippen LogP contribution in [0.5, 0.6) is 5.75 Å². The molecule has 32 heavy (non-hydrogen) atoms. The first kappa shape index (κ1) is 21.3. The zero-order chi connectivity index (χ0) is 22.3. The van der Waals surface area contributed by atoms with Gasteiger partial charge in [-0.3, -0.25) is 9.48 Å². The van der Waals surface area contributed by atoms with Crippen LogP contribution in [0.4, 0.5) is 4.39 Å². The van der Waals surface area contributed by atoms with Crippen molar-refractivity contribution >= 4 is 5.91 Å². The lowest BCUT2D eigenvalue weighted by atomic mass is 10.1. The van der Waals surface area contributed by atoms with E-state index in [1.54, 1.807) is 41.0 Å². The number of hydrogen-bond donors (Lipinski definition) is 0. The minimum atomic E-state index is -0.421. The molecule has 0 aliphatic rings. The summed E-state index contributed by atoms with van der Waals surface area (Å²) in [5.41, 5.74) is 3.12. The van der Waals surface area contributed by atoms with Gasteiger partial charge in [-0.25, -0.2) is 4.39 Å². The van der Waals surface area contributed by atoms with Crippen molar-refractivity contribution in [3.63, 3.8) is 0 Å². The third-order valence-corrected chi connectivity index (χ3v) is 5.09. The van der Waals surface area contributed by atoms with Crippen molar-refractivity contribution in [3.05, 3.63) is 108 Å². The molecule has 0 aliphatic carbocycles. The lowest BCUT2D eigenvalue weighted by molar-refractivity contribution is 0.0773. The van der Waals surface area contributed by atoms with Crippen LogP contribution in [0.3, 0.4) is 0 Å². The number of benzene rings is 3. The minimum absolute atomic E-state index is 0.166. The van der Waals surface area contributed by atoms with Gasteiger partial charge in [-0.1, -0.05) is 72.8 Å². The Kier molecular flexibility index (Phi) is 6.60. The van der Waals surface area contributed by atoms with Gasteiger partial charge in [0, 0.05) is 18.8 Å². The summed E-state index contributed by atoms with van der Waals surface area (Å²) in [6, 6.07) is 25.9. The Balaban J connectivity index is 1.52. The second-order valence-electron chi connectivity index (χ2n) is 7.45. The predicted molar refractivity (Wildman–Crippen MR) is 122 cm³/mol. The summed E-state index contributed by atoms with van der Waals surface area (Å²) in [5, 5.41) is 4.71. The molecular weight excluding hydrogens is 405 g/mol. The van der Waals surface area contributed by atoms with Crippen molar-refractivity contribution < 1.29 is 13.9 Å². The molecule has 0 atom stereocenters. The number of likely N-dealkylation sites (N-methyl/N-ethyl adjacent to an activating group) is 1. The number of aromatic nitrogens is 2. The molecule has 0 aliphatic heterocycles. The molecule has 4 rings (SSSR count). The Morgan fingerprint density at radius 1 is 0.969 bits per heavy atom. The Morgan fingerprint density at radius 3 is 2.34 bits per heavy atom. The quantitative estimate of drug-likeness (QED) is 0.401. The first-order valence-corrected chi connectivity index (χ1v) is 10.4. The van der Waals surface area contributed by atoms with E-state index in [4.69, 9.17) is 9.84 Å². The lowest BCUT2D eigenvalue weighted by Crippen LogP contribution is -2.31. The van der Waals surface area contributed by atoms with Crippen LogP contribution in [0.1, 0.15) is 15.9 Å². The summed E-state index contributed by atoms with van der Waals surface area (Å²) < 4.78 is 21.0. The predicted octanol–water partition coefficient (Wildman–Crippen LogP) is 4.89. The van der Waals surface area contributed by atoms with Gasteiger partial charge in [0.15, 0.2) is 11.6 Å². The van der Waals surface area contributed by atoms with Crippen molar-refractivity contribution in [1.29, 1.82) is 0 Å². The van der Waals surface area contributed by atoms with Crippen LogP contribution < -0.4 is 4.74 Å². The fourth-order valence-corrected chi connectivity index (χ4v) is 3.40. The number of ether oxygens (including phenoxy) is 1. The summed E-state index contributed by atoms with van der Waals surface area (Å²) in [7, 11) is 1.70. The molecule has 6 heteroatoms. The van der Waals surface area contributed by atoms with Crippen LogP contribution in [0, 0.1) is 5.82 Å². The van der Waals surface area contributed by atoms with E-state index in [1.807, 2.05) is 60.7 Å². The highest BCUT2D eigenvalue weighted by Crippen LogP contribution is 2.24. The first-order chi connectivity index (χ1) is 15.6. The molecule has 1 heterocycles. The zero-order valence-electron chi connectivity index (χ0n) is 17.8. The molecular formula is C26H24FN3O2. The maximum absolute atomic E-state index is 13.7. The normalized spacial score (nSPS) is 10.7. The Morgan fingerprint density at radius 2 is 1.62 bits per heavy atom. The molecule has 0 spiro atoms. The van der Waals surface area contributed by atoms with Gasteiger partial charge in [0.05, 0.1) is 18.7 Å². The zero-order valence-corrected chi connectivity index (χ0v) is 17.8. The van der Waals surface area contributed by atoms with Gasteiger partial charge in [-0.15, -0.1) is 0 Å². The van der Waals surface area contributed by atoms with Crippen LogP contribution in [0.25, 0.3) is 11.3 Å². The number of carbonyl (C=O) groups excluding carboxylic acids is 1. The molecule has 0 saturated carbocycles. The summed E-state index contributed by atoms with van der Waals surface area (Å²) in [5.74, 6) is -0.413. The summed E-state index contributed by atoms with van der Waals surface area (Å²) in [4.78, 5) is 14.8. The SMILES string of the molecule is CN(CCOc1ccccc1F)C(=O)c1cn(Cc2ccccc2)nc1-c1ccccc1. The van der Waals surface area contributed by atoms with E-state index < -0.39 is 5.82 Å². The fourth-order valence-electron chi connectivity index (χ4n) is 3.40. The van der Waals surface area contributed by atoms with Crippen molar-refractivity contribution in [2.24, 2.45) is 0 Å². The number of hydrogen-bond acceptors (Lipinski definition) is 3. The summed E-state index contributed by atoms with van der Waals surface area (Å²) in [6.07, 6.45) is 1.78. The maximum Gasteiger partial charge on any atom is 0.257 e. The number of amides is 1. The van der Waals surface area contributed by atoms with E-state index in [0.717, 1.165) is 11.1 Å². The molecule has 0 N–H and O–H groups in total. The van der Waals surface area contributed by atoms with Gasteiger partial charge >= 0.3 is 0 Å². The van der Waals surface area contributed by atoms with E-state index in [0.29, 0.717) is 24.3 Å². The Bertz CT molecular complexity index is 1180. The van der Waals surface area contributed by atoms with Crippen LogP contribution in [0.15, 0.2) is 91.1 Å². The Hall–Kier alpha value is -3.93. The molecule has 5 nitrogen and oxygen atoms in total. The number of halogens is 1. The molecule has 1 aromatic heterocycles. The van der Waals surface area contributed by atoms with Gasteiger partial charge in [0.1, 0.15) is 12.3 Å². The molecule has 0 bridgehead atoms. The van der Waals surface area contributed by atoms with Crippen LogP contribution in [-0.4, -0.2) is 40.8 Å². The van der Waals surface area contributed by atoms with Gasteiger partial charge in [-0.05, 0) is 17.7 Å². The van der Waals surface area contributed by atoms with Gasteiger partial charge in [-0.2, -0.15) is 5.10 Å². The maximum atomic E-state index is 13.7. The lowest BCUT2D eigenvalue weighted by Gasteiger charge is -2.17. The van der Waals surface area contributed by atoms with Crippen LogP contribution in [0.2, 0.25) is 0 Å². The smallest absolute Gasteiger partial charge is 0.257 e. The Labute approximate surface area is 186 Å². The van der Waals surface area contributed by atoms with Gasteiger partial charge in [0.2, 0.25) is 0 Å². The average Bonchev–Trinajstić information content (AvgIpc) is 3.24. The molecule has 0 fully saturated rings. The van der Waals surface area contributed by atoms with E-state index >= 15 is 0 Å². The molecule has 4 aromatic rings. The van der Waals surface area contributed by atoms with Crippen molar-refractivity contribution in [2.75, 3.05) is 20.2 Å². The minimum Gasteiger partial charge on any atom is -0.489 e. The molecule has 0 saturated heterocycles. The standard InChI is InChI=1S/C26H24FN3O2/c1-29(16-17-32-24-15-9-8-14-23(24)27)26(31)22-19-30(18-20-10-4-2-5-11-20)28-25(22)21-12-6-3-7-13-21/h2-15,19H,16-18H2,1H3. The highest BCUT2D eigenvalue weighted by atomic mass is 19.1. The van der Waals surface area contributed by atoms with E-state index in [1.165, 1.54) is 6.07 Å². The van der Waals surface area contributed by atoms with Crippen LogP contribution >= 0.6 is 0 Å². The van der Waals surface area contributed by atoms with E-state index in [-0.39, 0.29) is 18.3 Å². The number of rotatable bonds is 8. The topological polar surface area (TPSA) is 47.4 Å². The van der Waals surface area contributed by atoms with Gasteiger partial charge in [0.25, 0.3) is 5.91 Å². The van der Waals surface area contributed by atoms with E-state index in [2.05, 4.69) is 0 Å². The molecule has 0 radical (unpaired) electrons. The largest absolute Gasteiger partial charge is 0.489 e. The second kappa shape index (κ2) is 9.92. The monoisotopic (exact) mass is 429 g/mol. The highest BCUT2D eigenvalue weighted by molar-refractivity contribution is 5.99. The third kappa shape index (κ3) is 5.03. The molecule has 0 unspecified atom stereocenters. The van der Waals surface area contributed by atoms with Crippen molar-refractivity contribution in [1.82, 2.24) is 14.7 Å². The number of carbonyl (C=O) groups is 1. The van der Waals surface area contributed by atoms with Crippen molar-refractivity contribution in [2.45, 2.75) is 6.54 Å². The highest BCUT2D eigenvalue weighted by Gasteiger charge is 2.21. The van der Waals surface area contributed by atoms with Gasteiger partial charge < -0.3 is 9.64 Å². The molecule has 162 valence electrons. The third-order valence-electron chi connectivity index (χ3n) is 5.09. The summed E-state index contributed by atoms with van der Waals surface area (Å²) in [6.45, 7) is 1.06. The number of nitrogens with zero attached hydrogens (tertiary/aromatic N) is 3. The van der Waals surface area contributed by atoms with Crippen LogP contribution in [-0.2, 0) is 6.54 Å². The van der Waals surface area contributed by atoms with E-state index in [9.17, 15) is 9.18 Å².